The van der Waals surface area contributed by atoms with Crippen molar-refractivity contribution in [2.75, 3.05) is 7.05 Å². The van der Waals surface area contributed by atoms with E-state index in [0.717, 1.165) is 12.1 Å². The Bertz CT molecular complexity index is 451. The van der Waals surface area contributed by atoms with Crippen LogP contribution in [-0.4, -0.2) is 19.0 Å². The van der Waals surface area contributed by atoms with Gasteiger partial charge in [-0.1, -0.05) is 12.1 Å². The van der Waals surface area contributed by atoms with Crippen LogP contribution in [0.3, 0.4) is 0 Å². The molecule has 0 atom stereocenters. The lowest BCUT2D eigenvalue weighted by molar-refractivity contribution is -0.0891. The summed E-state index contributed by atoms with van der Waals surface area (Å²) in [6, 6.07) is 4.53. The van der Waals surface area contributed by atoms with Crippen molar-refractivity contribution < 1.29 is 22.4 Å². The van der Waals surface area contributed by atoms with E-state index in [0.29, 0.717) is 6.20 Å². The molecule has 1 aromatic carbocycles. The summed E-state index contributed by atoms with van der Waals surface area (Å²) < 4.78 is 50.8. The summed E-state index contributed by atoms with van der Waals surface area (Å²) >= 11 is 0. The van der Waals surface area contributed by atoms with Crippen LogP contribution in [0, 0.1) is 5.82 Å². The van der Waals surface area contributed by atoms with E-state index in [1.165, 1.54) is 19.2 Å². The van der Waals surface area contributed by atoms with Gasteiger partial charge in [0.25, 0.3) is 0 Å². The molecule has 0 aliphatic heterocycles. The van der Waals surface area contributed by atoms with Gasteiger partial charge in [0.05, 0.1) is 5.56 Å². The highest BCUT2D eigenvalue weighted by Crippen LogP contribution is 2.28. The molecule has 6 heteroatoms. The number of halogens is 4. The second-order valence-electron chi connectivity index (χ2n) is 3.15. The Kier molecular flexibility index (Phi) is 3.88. The van der Waals surface area contributed by atoms with E-state index in [9.17, 15) is 22.4 Å². The van der Waals surface area contributed by atoms with E-state index in [-0.39, 0.29) is 0 Å². The highest BCUT2D eigenvalue weighted by Gasteiger charge is 2.39. The van der Waals surface area contributed by atoms with Gasteiger partial charge in [-0.15, -0.1) is 0 Å². The number of Topliss-reactive ketones (excluding diaryl/α,β-unsaturated/α-hetero) is 1. The largest absolute Gasteiger partial charge is 0.421 e. The zero-order chi connectivity index (χ0) is 13.1. The minimum atomic E-state index is -4.83. The van der Waals surface area contributed by atoms with Gasteiger partial charge in [0, 0.05) is 13.2 Å². The van der Waals surface area contributed by atoms with Crippen LogP contribution in [0.15, 0.2) is 36.0 Å². The zero-order valence-corrected chi connectivity index (χ0v) is 8.81. The fourth-order valence-corrected chi connectivity index (χ4v) is 1.21. The maximum atomic E-state index is 13.2. The van der Waals surface area contributed by atoms with Crippen molar-refractivity contribution in [2.24, 2.45) is 0 Å². The first-order valence-electron chi connectivity index (χ1n) is 4.61. The maximum absolute atomic E-state index is 13.2. The lowest BCUT2D eigenvalue weighted by atomic mass is 10.0. The van der Waals surface area contributed by atoms with Gasteiger partial charge < -0.3 is 5.32 Å². The average molecular weight is 247 g/mol. The first-order chi connectivity index (χ1) is 7.88. The lowest BCUT2D eigenvalue weighted by Gasteiger charge is -2.11. The summed E-state index contributed by atoms with van der Waals surface area (Å²) in [5, 5.41) is 2.12. The molecule has 0 bridgehead atoms. The number of alkyl halides is 3. The Morgan fingerprint density at radius 3 is 2.35 bits per heavy atom. The zero-order valence-electron chi connectivity index (χ0n) is 8.81. The number of ketones is 1. The molecule has 0 unspecified atom stereocenters. The molecule has 0 radical (unpaired) electrons. The standard InChI is InChI=1S/C11H9F4NO/c1-16-6-8(11(13,14)15)10(17)7-4-2-3-5-9(7)12/h2-6,16H,1H3/b8-6-. The van der Waals surface area contributed by atoms with Gasteiger partial charge in [0.15, 0.2) is 0 Å². The second-order valence-corrected chi connectivity index (χ2v) is 3.15. The highest BCUT2D eigenvalue weighted by molar-refractivity contribution is 6.09. The third-order valence-corrected chi connectivity index (χ3v) is 1.96. The van der Waals surface area contributed by atoms with Crippen LogP contribution in [-0.2, 0) is 0 Å². The first kappa shape index (κ1) is 13.2. The van der Waals surface area contributed by atoms with Crippen molar-refractivity contribution in [2.45, 2.75) is 6.18 Å². The summed E-state index contributed by atoms with van der Waals surface area (Å²) in [4.78, 5) is 11.5. The van der Waals surface area contributed by atoms with E-state index in [4.69, 9.17) is 0 Å². The number of allylic oxidation sites excluding steroid dienone is 1. The van der Waals surface area contributed by atoms with E-state index < -0.39 is 28.9 Å². The average Bonchev–Trinajstić information content (AvgIpc) is 2.24. The predicted octanol–water partition coefficient (Wildman–Crippen LogP) is 2.67. The van der Waals surface area contributed by atoms with Gasteiger partial charge in [-0.25, -0.2) is 4.39 Å². The molecule has 92 valence electrons. The van der Waals surface area contributed by atoms with E-state index in [1.807, 2.05) is 0 Å². The summed E-state index contributed by atoms with van der Waals surface area (Å²) in [5.41, 5.74) is -2.04. The summed E-state index contributed by atoms with van der Waals surface area (Å²) in [7, 11) is 1.22. The van der Waals surface area contributed by atoms with Gasteiger partial charge in [0.2, 0.25) is 5.78 Å². The van der Waals surface area contributed by atoms with Crippen molar-refractivity contribution in [1.82, 2.24) is 5.32 Å². The molecule has 17 heavy (non-hydrogen) atoms. The van der Waals surface area contributed by atoms with Crippen molar-refractivity contribution in [3.63, 3.8) is 0 Å². The van der Waals surface area contributed by atoms with Gasteiger partial charge in [-0.3, -0.25) is 4.79 Å². The molecule has 0 saturated heterocycles. The topological polar surface area (TPSA) is 29.1 Å². The fraction of sp³-hybridized carbons (Fsp3) is 0.182. The minimum Gasteiger partial charge on any atom is -0.393 e. The predicted molar refractivity (Wildman–Crippen MR) is 53.9 cm³/mol. The first-order valence-corrected chi connectivity index (χ1v) is 4.61. The molecule has 0 saturated carbocycles. The molecular weight excluding hydrogens is 238 g/mol. The maximum Gasteiger partial charge on any atom is 0.421 e. The SMILES string of the molecule is CN/C=C(/C(=O)c1ccccc1F)C(F)(F)F. The molecule has 0 spiro atoms. The molecule has 0 fully saturated rings. The van der Waals surface area contributed by atoms with Crippen molar-refractivity contribution >= 4 is 5.78 Å². The Labute approximate surface area is 94.9 Å². The smallest absolute Gasteiger partial charge is 0.393 e. The highest BCUT2D eigenvalue weighted by atomic mass is 19.4. The molecule has 1 rings (SSSR count). The quantitative estimate of drug-likeness (QED) is 0.505. The van der Waals surface area contributed by atoms with Crippen molar-refractivity contribution in [3.8, 4) is 0 Å². The third kappa shape index (κ3) is 3.05. The number of carbonyl (C=O) groups is 1. The normalized spacial score (nSPS) is 12.4. The van der Waals surface area contributed by atoms with Crippen LogP contribution in [0.4, 0.5) is 17.6 Å². The third-order valence-electron chi connectivity index (χ3n) is 1.96. The van der Waals surface area contributed by atoms with Gasteiger partial charge in [-0.05, 0) is 12.1 Å². The molecule has 0 aliphatic rings. The molecule has 1 aromatic rings. The van der Waals surface area contributed by atoms with Gasteiger partial charge >= 0.3 is 6.18 Å². The van der Waals surface area contributed by atoms with Gasteiger partial charge in [-0.2, -0.15) is 13.2 Å². The molecular formula is C11H9F4NO. The molecule has 0 amide bonds. The number of nitrogens with one attached hydrogen (secondary N) is 1. The molecule has 0 heterocycles. The van der Waals surface area contributed by atoms with Crippen LogP contribution in [0.2, 0.25) is 0 Å². The molecule has 0 aromatic heterocycles. The monoisotopic (exact) mass is 247 g/mol. The Morgan fingerprint density at radius 2 is 1.88 bits per heavy atom. The minimum absolute atomic E-state index is 0.509. The van der Waals surface area contributed by atoms with Crippen LogP contribution < -0.4 is 5.32 Å². The number of hydrogen-bond donors (Lipinski definition) is 1. The van der Waals surface area contributed by atoms with E-state index in [2.05, 4.69) is 5.32 Å². The van der Waals surface area contributed by atoms with Crippen molar-refractivity contribution in [3.05, 3.63) is 47.4 Å². The number of hydrogen-bond acceptors (Lipinski definition) is 2. The Balaban J connectivity index is 3.20. The van der Waals surface area contributed by atoms with Crippen LogP contribution in [0.25, 0.3) is 0 Å². The summed E-state index contributed by atoms with van der Waals surface area (Å²) in [6.07, 6.45) is -4.32. The van der Waals surface area contributed by atoms with Crippen LogP contribution >= 0.6 is 0 Å². The molecule has 0 aliphatic carbocycles. The van der Waals surface area contributed by atoms with Crippen LogP contribution in [0.5, 0.6) is 0 Å². The summed E-state index contributed by atoms with van der Waals surface area (Å²) in [6.45, 7) is 0. The van der Waals surface area contributed by atoms with E-state index >= 15 is 0 Å². The van der Waals surface area contributed by atoms with Crippen LogP contribution in [0.1, 0.15) is 10.4 Å². The number of benzene rings is 1. The van der Waals surface area contributed by atoms with Crippen molar-refractivity contribution in [1.29, 1.82) is 0 Å². The number of carbonyl (C=O) groups excluding carboxylic acids is 1. The molecule has 1 N–H and O–H groups in total. The lowest BCUT2D eigenvalue weighted by Crippen LogP contribution is -2.23. The number of rotatable bonds is 3. The second kappa shape index (κ2) is 4.99. The molecule has 2 nitrogen and oxygen atoms in total. The summed E-state index contributed by atoms with van der Waals surface area (Å²) in [5.74, 6) is -2.38. The van der Waals surface area contributed by atoms with E-state index in [1.54, 1.807) is 0 Å². The fourth-order valence-electron chi connectivity index (χ4n) is 1.21. The van der Waals surface area contributed by atoms with Gasteiger partial charge in [0.1, 0.15) is 11.4 Å². The Hall–Kier alpha value is -1.85. The Morgan fingerprint density at radius 1 is 1.29 bits per heavy atom.